The lowest BCUT2D eigenvalue weighted by molar-refractivity contribution is 1.25. The summed E-state index contributed by atoms with van der Waals surface area (Å²) in [6.45, 7) is 6.88. The molecular formula is C10H11N3. The number of nitrogens with two attached hydrogens (primary N) is 1. The number of nitrogens with zero attached hydrogens (tertiary/aromatic N) is 2. The fraction of sp³-hybridized carbons (Fsp3) is 0. The summed E-state index contributed by atoms with van der Waals surface area (Å²) in [6.07, 6.45) is 0. The summed E-state index contributed by atoms with van der Waals surface area (Å²) in [7, 11) is 0. The molecule has 0 saturated heterocycles. The molecule has 3 nitrogen and oxygen atoms in total. The lowest BCUT2D eigenvalue weighted by Crippen LogP contribution is -2.00. The van der Waals surface area contributed by atoms with Gasteiger partial charge in [-0.1, -0.05) is 36.9 Å². The summed E-state index contributed by atoms with van der Waals surface area (Å²) in [4.78, 5) is 7.69. The Kier molecular flexibility index (Phi) is 2.97. The van der Waals surface area contributed by atoms with Gasteiger partial charge in [0.25, 0.3) is 0 Å². The molecule has 0 radical (unpaired) electrons. The first-order valence-corrected chi connectivity index (χ1v) is 3.79. The molecule has 0 aliphatic carbocycles. The molecule has 0 saturated carbocycles. The summed E-state index contributed by atoms with van der Waals surface area (Å²) >= 11 is 0. The molecule has 0 atom stereocenters. The van der Waals surface area contributed by atoms with Gasteiger partial charge in [0.1, 0.15) is 5.82 Å². The second-order valence-corrected chi connectivity index (χ2v) is 2.45. The van der Waals surface area contributed by atoms with Gasteiger partial charge < -0.3 is 5.73 Å². The van der Waals surface area contributed by atoms with Crippen LogP contribution in [0.1, 0.15) is 5.56 Å². The third-order valence-electron chi connectivity index (χ3n) is 1.43. The molecule has 0 fully saturated rings. The Labute approximate surface area is 77.3 Å². The van der Waals surface area contributed by atoms with Crippen molar-refractivity contribution in [3.05, 3.63) is 48.3 Å². The minimum atomic E-state index is 0.228. The minimum absolute atomic E-state index is 0.228. The molecule has 2 N–H and O–H groups in total. The SMILES string of the molecule is C=N/C(=N\C(=C)N)c1ccccc1. The van der Waals surface area contributed by atoms with Crippen LogP contribution in [0.5, 0.6) is 0 Å². The van der Waals surface area contributed by atoms with Crippen molar-refractivity contribution in [2.75, 3.05) is 0 Å². The van der Waals surface area contributed by atoms with Gasteiger partial charge in [-0.15, -0.1) is 0 Å². The first kappa shape index (κ1) is 9.19. The van der Waals surface area contributed by atoms with Gasteiger partial charge in [-0.3, -0.25) is 0 Å². The highest BCUT2D eigenvalue weighted by molar-refractivity contribution is 6.01. The van der Waals surface area contributed by atoms with E-state index in [0.29, 0.717) is 5.84 Å². The third kappa shape index (κ3) is 2.56. The maximum absolute atomic E-state index is 5.34. The molecule has 1 aromatic carbocycles. The van der Waals surface area contributed by atoms with Gasteiger partial charge in [0, 0.05) is 5.56 Å². The Morgan fingerprint density at radius 1 is 1.23 bits per heavy atom. The number of amidine groups is 1. The quantitative estimate of drug-likeness (QED) is 0.535. The fourth-order valence-electron chi connectivity index (χ4n) is 0.914. The van der Waals surface area contributed by atoms with Crippen molar-refractivity contribution in [1.29, 1.82) is 0 Å². The summed E-state index contributed by atoms with van der Waals surface area (Å²) in [5.41, 5.74) is 6.22. The molecular weight excluding hydrogens is 162 g/mol. The molecule has 0 amide bonds. The third-order valence-corrected chi connectivity index (χ3v) is 1.43. The second-order valence-electron chi connectivity index (χ2n) is 2.45. The van der Waals surface area contributed by atoms with Gasteiger partial charge in [0.2, 0.25) is 0 Å². The summed E-state index contributed by atoms with van der Waals surface area (Å²) in [6, 6.07) is 9.49. The first-order chi connectivity index (χ1) is 6.24. The van der Waals surface area contributed by atoms with E-state index in [1.165, 1.54) is 0 Å². The van der Waals surface area contributed by atoms with Crippen LogP contribution in [0.2, 0.25) is 0 Å². The number of hydrogen-bond donors (Lipinski definition) is 1. The van der Waals surface area contributed by atoms with Gasteiger partial charge in [0.05, 0.1) is 0 Å². The monoisotopic (exact) mass is 173 g/mol. The van der Waals surface area contributed by atoms with E-state index < -0.39 is 0 Å². The van der Waals surface area contributed by atoms with E-state index in [4.69, 9.17) is 5.73 Å². The average Bonchev–Trinajstić information content (AvgIpc) is 2.15. The average molecular weight is 173 g/mol. The summed E-state index contributed by atoms with van der Waals surface area (Å²) in [5, 5.41) is 0. The molecule has 1 rings (SSSR count). The number of benzene rings is 1. The molecule has 13 heavy (non-hydrogen) atoms. The van der Waals surface area contributed by atoms with E-state index in [1.54, 1.807) is 0 Å². The van der Waals surface area contributed by atoms with E-state index in [2.05, 4.69) is 23.3 Å². The molecule has 66 valence electrons. The van der Waals surface area contributed by atoms with Crippen LogP contribution in [-0.2, 0) is 0 Å². The van der Waals surface area contributed by atoms with Gasteiger partial charge in [-0.2, -0.15) is 0 Å². The smallest absolute Gasteiger partial charge is 0.160 e. The van der Waals surface area contributed by atoms with Crippen LogP contribution in [0.3, 0.4) is 0 Å². The number of hydrogen-bond acceptors (Lipinski definition) is 2. The minimum Gasteiger partial charge on any atom is -0.384 e. The highest BCUT2D eigenvalue weighted by Crippen LogP contribution is 2.02. The van der Waals surface area contributed by atoms with Crippen molar-refractivity contribution >= 4 is 12.6 Å². The molecule has 0 bridgehead atoms. The van der Waals surface area contributed by atoms with Gasteiger partial charge in [-0.25, -0.2) is 9.98 Å². The molecule has 0 heterocycles. The Bertz CT molecular complexity index is 338. The van der Waals surface area contributed by atoms with Crippen molar-refractivity contribution < 1.29 is 0 Å². The topological polar surface area (TPSA) is 50.7 Å². The van der Waals surface area contributed by atoms with Gasteiger partial charge in [0.15, 0.2) is 5.84 Å². The van der Waals surface area contributed by atoms with Crippen molar-refractivity contribution in [2.45, 2.75) is 0 Å². The van der Waals surface area contributed by atoms with Crippen LogP contribution in [-0.4, -0.2) is 12.6 Å². The lowest BCUT2D eigenvalue weighted by atomic mass is 10.2. The molecule has 0 spiro atoms. The molecule has 0 aromatic heterocycles. The Hall–Kier alpha value is -1.90. The molecule has 0 aliphatic heterocycles. The molecule has 0 aliphatic rings. The predicted octanol–water partition coefficient (Wildman–Crippen LogP) is 1.56. The van der Waals surface area contributed by atoms with Crippen LogP contribution in [0.4, 0.5) is 0 Å². The van der Waals surface area contributed by atoms with E-state index in [-0.39, 0.29) is 5.82 Å². The van der Waals surface area contributed by atoms with E-state index in [1.807, 2.05) is 30.3 Å². The predicted molar refractivity (Wildman–Crippen MR) is 55.9 cm³/mol. The van der Waals surface area contributed by atoms with E-state index in [0.717, 1.165) is 5.56 Å². The zero-order valence-electron chi connectivity index (χ0n) is 7.27. The summed E-state index contributed by atoms with van der Waals surface area (Å²) in [5.74, 6) is 0.722. The van der Waals surface area contributed by atoms with Crippen LogP contribution >= 0.6 is 0 Å². The number of rotatable bonds is 2. The molecule has 3 heteroatoms. The van der Waals surface area contributed by atoms with Crippen LogP contribution in [0, 0.1) is 0 Å². The second kappa shape index (κ2) is 4.21. The maximum Gasteiger partial charge on any atom is 0.160 e. The van der Waals surface area contributed by atoms with E-state index >= 15 is 0 Å². The van der Waals surface area contributed by atoms with Gasteiger partial charge >= 0.3 is 0 Å². The van der Waals surface area contributed by atoms with Crippen LogP contribution < -0.4 is 5.73 Å². The standard InChI is InChI=1S/C10H11N3/c1-8(11)13-10(12-2)9-6-4-3-5-7-9/h3-7H,1-2,11H2/b13-10-. The lowest BCUT2D eigenvalue weighted by Gasteiger charge is -1.99. The summed E-state index contributed by atoms with van der Waals surface area (Å²) < 4.78 is 0. The maximum atomic E-state index is 5.34. The highest BCUT2D eigenvalue weighted by atomic mass is 15.0. The Balaban J connectivity index is 3.05. The van der Waals surface area contributed by atoms with Crippen LogP contribution in [0.25, 0.3) is 0 Å². The zero-order valence-corrected chi connectivity index (χ0v) is 7.27. The van der Waals surface area contributed by atoms with Gasteiger partial charge in [-0.05, 0) is 6.72 Å². The van der Waals surface area contributed by atoms with E-state index in [9.17, 15) is 0 Å². The largest absolute Gasteiger partial charge is 0.384 e. The van der Waals surface area contributed by atoms with Crippen molar-refractivity contribution in [3.63, 3.8) is 0 Å². The first-order valence-electron chi connectivity index (χ1n) is 3.79. The Morgan fingerprint density at radius 2 is 1.85 bits per heavy atom. The highest BCUT2D eigenvalue weighted by Gasteiger charge is 1.98. The fourth-order valence-corrected chi connectivity index (χ4v) is 0.914. The van der Waals surface area contributed by atoms with Crippen molar-refractivity contribution in [2.24, 2.45) is 15.7 Å². The normalized spacial score (nSPS) is 10.9. The molecule has 0 unspecified atom stereocenters. The Morgan fingerprint density at radius 3 is 2.31 bits per heavy atom. The number of aliphatic imine (C=N–C) groups is 2. The van der Waals surface area contributed by atoms with Crippen molar-refractivity contribution in [3.8, 4) is 0 Å². The zero-order chi connectivity index (χ0) is 9.68. The van der Waals surface area contributed by atoms with Crippen LogP contribution in [0.15, 0.2) is 52.7 Å². The van der Waals surface area contributed by atoms with Crippen molar-refractivity contribution in [1.82, 2.24) is 0 Å². The molecule has 1 aromatic rings.